The van der Waals surface area contributed by atoms with Gasteiger partial charge in [0.25, 0.3) is 0 Å². The number of carbonyl (C=O) groups is 1. The third-order valence-corrected chi connectivity index (χ3v) is 3.62. The Hall–Kier alpha value is -0.930. The predicted octanol–water partition coefficient (Wildman–Crippen LogP) is 4.18. The molecule has 1 aromatic rings. The average Bonchev–Trinajstić information content (AvgIpc) is 3.24. The summed E-state index contributed by atoms with van der Waals surface area (Å²) >= 11 is 5.64. The lowest BCUT2D eigenvalue weighted by atomic mass is 9.95. The molecule has 1 saturated carbocycles. The topological polar surface area (TPSA) is 29.1 Å². The summed E-state index contributed by atoms with van der Waals surface area (Å²) < 4.78 is 13.4. The first-order valence-electron chi connectivity index (χ1n) is 7.24. The third kappa shape index (κ3) is 5.22. The molecular formula is C16H23ClFNO. The first kappa shape index (κ1) is 17.1. The molecule has 0 aliphatic heterocycles. The highest BCUT2D eigenvalue weighted by atomic mass is 35.5. The van der Waals surface area contributed by atoms with Gasteiger partial charge in [-0.3, -0.25) is 4.79 Å². The van der Waals surface area contributed by atoms with Gasteiger partial charge in [0.05, 0.1) is 10.9 Å². The van der Waals surface area contributed by atoms with E-state index in [0.717, 1.165) is 12.5 Å². The number of hydrogen-bond donors (Lipinski definition) is 1. The molecule has 1 atom stereocenters. The summed E-state index contributed by atoms with van der Waals surface area (Å²) in [4.78, 5) is 11.6. The second-order valence-corrected chi connectivity index (χ2v) is 5.35. The molecule has 112 valence electrons. The largest absolute Gasteiger partial charge is 0.315 e. The van der Waals surface area contributed by atoms with Crippen molar-refractivity contribution in [3.8, 4) is 0 Å². The third-order valence-electron chi connectivity index (χ3n) is 3.32. The lowest BCUT2D eigenvalue weighted by Crippen LogP contribution is -2.27. The molecule has 0 heterocycles. The van der Waals surface area contributed by atoms with E-state index in [4.69, 9.17) is 11.6 Å². The molecule has 0 radical (unpaired) electrons. The van der Waals surface area contributed by atoms with Crippen molar-refractivity contribution in [2.45, 2.75) is 39.5 Å². The minimum atomic E-state index is -0.470. The second kappa shape index (κ2) is 8.38. The van der Waals surface area contributed by atoms with Crippen LogP contribution in [0.1, 0.15) is 45.1 Å². The molecule has 0 saturated heterocycles. The standard InChI is InChI=1S/C14H17ClFNO.C2H6/c1-9(18)12(8-17-7-10-2-3-10)11-4-5-13(15)14(16)6-11;1-2/h4-6,10,12,17H,2-3,7-8H2,1H3;1-2H3. The van der Waals surface area contributed by atoms with Crippen molar-refractivity contribution in [2.75, 3.05) is 13.1 Å². The summed E-state index contributed by atoms with van der Waals surface area (Å²) in [6.07, 6.45) is 2.54. The summed E-state index contributed by atoms with van der Waals surface area (Å²) in [5.41, 5.74) is 0.688. The Morgan fingerprint density at radius 3 is 2.60 bits per heavy atom. The molecule has 1 aliphatic rings. The minimum Gasteiger partial charge on any atom is -0.315 e. The van der Waals surface area contributed by atoms with Crippen LogP contribution in [0.4, 0.5) is 4.39 Å². The quantitative estimate of drug-likeness (QED) is 0.854. The highest BCUT2D eigenvalue weighted by molar-refractivity contribution is 6.30. The lowest BCUT2D eigenvalue weighted by Gasteiger charge is -2.15. The molecule has 1 fully saturated rings. The number of halogens is 2. The first-order chi connectivity index (χ1) is 9.58. The Morgan fingerprint density at radius 1 is 1.45 bits per heavy atom. The molecule has 0 spiro atoms. The second-order valence-electron chi connectivity index (χ2n) is 4.94. The summed E-state index contributed by atoms with van der Waals surface area (Å²) in [5, 5.41) is 3.37. The van der Waals surface area contributed by atoms with Crippen molar-refractivity contribution in [1.82, 2.24) is 5.32 Å². The first-order valence-corrected chi connectivity index (χ1v) is 7.62. The van der Waals surface area contributed by atoms with Crippen LogP contribution in [-0.2, 0) is 4.79 Å². The molecule has 1 unspecified atom stereocenters. The van der Waals surface area contributed by atoms with E-state index in [1.54, 1.807) is 6.07 Å². The van der Waals surface area contributed by atoms with Gasteiger partial charge in [-0.05, 0) is 49.9 Å². The molecule has 1 N–H and O–H groups in total. The van der Waals surface area contributed by atoms with Crippen LogP contribution in [0.15, 0.2) is 18.2 Å². The van der Waals surface area contributed by atoms with Gasteiger partial charge in [0, 0.05) is 6.54 Å². The normalized spacial score (nSPS) is 15.2. The number of nitrogens with one attached hydrogen (secondary N) is 1. The van der Waals surface area contributed by atoms with Gasteiger partial charge in [-0.15, -0.1) is 0 Å². The van der Waals surface area contributed by atoms with E-state index in [1.165, 1.54) is 31.9 Å². The molecule has 1 aromatic carbocycles. The average molecular weight is 300 g/mol. The van der Waals surface area contributed by atoms with E-state index in [-0.39, 0.29) is 16.7 Å². The van der Waals surface area contributed by atoms with Crippen LogP contribution in [0.2, 0.25) is 5.02 Å². The van der Waals surface area contributed by atoms with Gasteiger partial charge >= 0.3 is 0 Å². The SMILES string of the molecule is CC.CC(=O)C(CNCC1CC1)c1ccc(Cl)c(F)c1. The highest BCUT2D eigenvalue weighted by Crippen LogP contribution is 2.28. The Morgan fingerprint density at radius 2 is 2.10 bits per heavy atom. The van der Waals surface area contributed by atoms with Gasteiger partial charge in [-0.2, -0.15) is 0 Å². The van der Waals surface area contributed by atoms with Gasteiger partial charge in [-0.1, -0.05) is 31.5 Å². The maximum atomic E-state index is 13.4. The van der Waals surface area contributed by atoms with Crippen LogP contribution in [-0.4, -0.2) is 18.9 Å². The van der Waals surface area contributed by atoms with Crippen molar-refractivity contribution in [3.63, 3.8) is 0 Å². The molecule has 20 heavy (non-hydrogen) atoms. The number of hydrogen-bond acceptors (Lipinski definition) is 2. The van der Waals surface area contributed by atoms with Gasteiger partial charge in [0.2, 0.25) is 0 Å². The number of rotatable bonds is 6. The van der Waals surface area contributed by atoms with E-state index >= 15 is 0 Å². The zero-order valence-corrected chi connectivity index (χ0v) is 13.1. The Bertz CT molecular complexity index is 446. The van der Waals surface area contributed by atoms with E-state index in [9.17, 15) is 9.18 Å². The fourth-order valence-electron chi connectivity index (χ4n) is 1.98. The Balaban J connectivity index is 0.000000956. The lowest BCUT2D eigenvalue weighted by molar-refractivity contribution is -0.118. The van der Waals surface area contributed by atoms with Crippen molar-refractivity contribution in [3.05, 3.63) is 34.6 Å². The number of carbonyl (C=O) groups excluding carboxylic acids is 1. The van der Waals surface area contributed by atoms with E-state index in [1.807, 2.05) is 13.8 Å². The summed E-state index contributed by atoms with van der Waals surface area (Å²) in [6, 6.07) is 4.58. The Kier molecular flexibility index (Phi) is 7.17. The van der Waals surface area contributed by atoms with Crippen LogP contribution in [0.5, 0.6) is 0 Å². The van der Waals surface area contributed by atoms with Crippen LogP contribution in [0.25, 0.3) is 0 Å². The maximum absolute atomic E-state index is 13.4. The van der Waals surface area contributed by atoms with Gasteiger partial charge in [0.1, 0.15) is 11.6 Å². The van der Waals surface area contributed by atoms with E-state index < -0.39 is 5.82 Å². The maximum Gasteiger partial charge on any atom is 0.142 e. The molecule has 0 bridgehead atoms. The Labute approximate surface area is 125 Å². The van der Waals surface area contributed by atoms with Crippen LogP contribution < -0.4 is 5.32 Å². The van der Waals surface area contributed by atoms with Crippen LogP contribution >= 0.6 is 11.6 Å². The summed E-state index contributed by atoms with van der Waals surface area (Å²) in [7, 11) is 0. The molecule has 2 rings (SSSR count). The molecule has 0 amide bonds. The number of ketones is 1. The monoisotopic (exact) mass is 299 g/mol. The van der Waals surface area contributed by atoms with E-state index in [0.29, 0.717) is 12.1 Å². The zero-order chi connectivity index (χ0) is 15.1. The van der Waals surface area contributed by atoms with Gasteiger partial charge in [0.15, 0.2) is 0 Å². The summed E-state index contributed by atoms with van der Waals surface area (Å²) in [6.45, 7) is 7.04. The molecule has 4 heteroatoms. The van der Waals surface area contributed by atoms with Crippen molar-refractivity contribution in [1.29, 1.82) is 0 Å². The van der Waals surface area contributed by atoms with Crippen LogP contribution in [0.3, 0.4) is 0 Å². The van der Waals surface area contributed by atoms with Gasteiger partial charge in [-0.25, -0.2) is 4.39 Å². The zero-order valence-electron chi connectivity index (χ0n) is 12.4. The molecule has 1 aliphatic carbocycles. The van der Waals surface area contributed by atoms with Gasteiger partial charge < -0.3 is 5.32 Å². The fraction of sp³-hybridized carbons (Fsp3) is 0.562. The highest BCUT2D eigenvalue weighted by Gasteiger charge is 2.22. The number of Topliss-reactive ketones (excluding diaryl/α,β-unsaturated/α-hetero) is 1. The molecule has 2 nitrogen and oxygen atoms in total. The van der Waals surface area contributed by atoms with Crippen molar-refractivity contribution in [2.24, 2.45) is 5.92 Å². The summed E-state index contributed by atoms with van der Waals surface area (Å²) in [5.74, 6) is 0.0395. The van der Waals surface area contributed by atoms with Crippen molar-refractivity contribution < 1.29 is 9.18 Å². The van der Waals surface area contributed by atoms with Crippen molar-refractivity contribution >= 4 is 17.4 Å². The predicted molar refractivity (Wildman–Crippen MR) is 81.8 cm³/mol. The molecular weight excluding hydrogens is 277 g/mol. The van der Waals surface area contributed by atoms with E-state index in [2.05, 4.69) is 5.32 Å². The smallest absolute Gasteiger partial charge is 0.142 e. The fourth-order valence-corrected chi connectivity index (χ4v) is 2.10. The number of benzene rings is 1. The minimum absolute atomic E-state index is 0.0417. The van der Waals surface area contributed by atoms with Crippen LogP contribution in [0, 0.1) is 11.7 Å². The molecule has 0 aromatic heterocycles.